The van der Waals surface area contributed by atoms with E-state index in [1.165, 1.54) is 0 Å². The standard InChI is InChI=1S/C19H19NO5/c21-18(12-14-4-6-16-17(11-14)25-9-8-24-16)20-15-3-1-2-13(10-15)5-7-19(22)23/h1-4,6,10-11H,5,7-9,12H2,(H,20,21)(H,22,23). The number of benzene rings is 2. The molecular formula is C19H19NO5. The van der Waals surface area contributed by atoms with Crippen LogP contribution < -0.4 is 14.8 Å². The van der Waals surface area contributed by atoms with Crippen LogP contribution in [0.4, 0.5) is 5.69 Å². The maximum absolute atomic E-state index is 12.3. The Morgan fingerprint density at radius 2 is 1.80 bits per heavy atom. The SMILES string of the molecule is O=C(O)CCc1cccc(NC(=O)Cc2ccc3c(c2)OCCO3)c1. The summed E-state index contributed by atoms with van der Waals surface area (Å²) in [6, 6.07) is 12.7. The molecule has 6 nitrogen and oxygen atoms in total. The van der Waals surface area contributed by atoms with E-state index in [9.17, 15) is 9.59 Å². The van der Waals surface area contributed by atoms with Crippen molar-refractivity contribution < 1.29 is 24.2 Å². The molecule has 2 aromatic rings. The summed E-state index contributed by atoms with van der Waals surface area (Å²) in [7, 11) is 0. The molecular weight excluding hydrogens is 322 g/mol. The summed E-state index contributed by atoms with van der Waals surface area (Å²) in [6.07, 6.45) is 0.714. The number of amides is 1. The second-order valence-electron chi connectivity index (χ2n) is 5.80. The zero-order valence-corrected chi connectivity index (χ0v) is 13.7. The summed E-state index contributed by atoms with van der Waals surface area (Å²) in [5.74, 6) is 0.369. The smallest absolute Gasteiger partial charge is 0.303 e. The van der Waals surface area contributed by atoms with E-state index < -0.39 is 5.97 Å². The number of fused-ring (bicyclic) bond motifs is 1. The lowest BCUT2D eigenvalue weighted by atomic mass is 10.1. The number of anilines is 1. The number of rotatable bonds is 6. The fourth-order valence-corrected chi connectivity index (χ4v) is 2.64. The minimum Gasteiger partial charge on any atom is -0.486 e. The third kappa shape index (κ3) is 4.73. The van der Waals surface area contributed by atoms with Gasteiger partial charge < -0.3 is 19.9 Å². The maximum Gasteiger partial charge on any atom is 0.303 e. The molecule has 1 amide bonds. The van der Waals surface area contributed by atoms with Crippen molar-refractivity contribution >= 4 is 17.6 Å². The molecule has 0 aliphatic carbocycles. The van der Waals surface area contributed by atoms with E-state index in [-0.39, 0.29) is 18.7 Å². The van der Waals surface area contributed by atoms with Gasteiger partial charge in [-0.1, -0.05) is 18.2 Å². The van der Waals surface area contributed by atoms with E-state index in [4.69, 9.17) is 14.6 Å². The van der Waals surface area contributed by atoms with E-state index >= 15 is 0 Å². The number of carbonyl (C=O) groups is 2. The highest BCUT2D eigenvalue weighted by atomic mass is 16.6. The highest BCUT2D eigenvalue weighted by Gasteiger charge is 2.13. The van der Waals surface area contributed by atoms with Crippen LogP contribution in [0.2, 0.25) is 0 Å². The summed E-state index contributed by atoms with van der Waals surface area (Å²) in [5, 5.41) is 11.6. The molecule has 0 aromatic heterocycles. The molecule has 2 aromatic carbocycles. The van der Waals surface area contributed by atoms with Crippen molar-refractivity contribution in [2.45, 2.75) is 19.3 Å². The summed E-state index contributed by atoms with van der Waals surface area (Å²) in [4.78, 5) is 22.9. The summed E-state index contributed by atoms with van der Waals surface area (Å²) in [5.41, 5.74) is 2.37. The highest BCUT2D eigenvalue weighted by molar-refractivity contribution is 5.92. The molecule has 2 N–H and O–H groups in total. The number of aliphatic carboxylic acids is 1. The van der Waals surface area contributed by atoms with Gasteiger partial charge in [-0.25, -0.2) is 0 Å². The predicted octanol–water partition coefficient (Wildman–Crippen LogP) is 2.66. The molecule has 6 heteroatoms. The average molecular weight is 341 g/mol. The zero-order valence-electron chi connectivity index (χ0n) is 13.7. The van der Waals surface area contributed by atoms with E-state index in [0.717, 1.165) is 11.1 Å². The number of carboxylic acid groups (broad SMARTS) is 1. The Morgan fingerprint density at radius 1 is 1.00 bits per heavy atom. The molecule has 0 fully saturated rings. The first-order valence-electron chi connectivity index (χ1n) is 8.09. The minimum absolute atomic E-state index is 0.0641. The molecule has 1 aliphatic rings. The van der Waals surface area contributed by atoms with Gasteiger partial charge in [-0.05, 0) is 41.8 Å². The van der Waals surface area contributed by atoms with Gasteiger partial charge in [0.25, 0.3) is 0 Å². The van der Waals surface area contributed by atoms with Crippen LogP contribution in [0.1, 0.15) is 17.5 Å². The van der Waals surface area contributed by atoms with E-state index in [1.807, 2.05) is 24.3 Å². The molecule has 1 aliphatic heterocycles. The number of nitrogens with one attached hydrogen (secondary N) is 1. The number of ether oxygens (including phenoxy) is 2. The van der Waals surface area contributed by atoms with Crippen molar-refractivity contribution in [1.82, 2.24) is 0 Å². The predicted molar refractivity (Wildman–Crippen MR) is 92.2 cm³/mol. The Balaban J connectivity index is 1.61. The lowest BCUT2D eigenvalue weighted by Crippen LogP contribution is -2.17. The first-order chi connectivity index (χ1) is 12.1. The van der Waals surface area contributed by atoms with Crippen LogP contribution >= 0.6 is 0 Å². The topological polar surface area (TPSA) is 84.9 Å². The Labute approximate surface area is 145 Å². The average Bonchev–Trinajstić information content (AvgIpc) is 2.60. The lowest BCUT2D eigenvalue weighted by Gasteiger charge is -2.18. The van der Waals surface area contributed by atoms with Gasteiger partial charge in [0.15, 0.2) is 11.5 Å². The highest BCUT2D eigenvalue weighted by Crippen LogP contribution is 2.30. The molecule has 0 saturated carbocycles. The fourth-order valence-electron chi connectivity index (χ4n) is 2.64. The van der Waals surface area contributed by atoms with E-state index in [1.54, 1.807) is 18.2 Å². The van der Waals surface area contributed by atoms with Crippen molar-refractivity contribution in [3.8, 4) is 11.5 Å². The van der Waals surface area contributed by atoms with Crippen molar-refractivity contribution in [2.75, 3.05) is 18.5 Å². The third-order valence-electron chi connectivity index (χ3n) is 3.81. The van der Waals surface area contributed by atoms with Crippen molar-refractivity contribution in [3.63, 3.8) is 0 Å². The van der Waals surface area contributed by atoms with Gasteiger partial charge in [-0.2, -0.15) is 0 Å². The molecule has 0 spiro atoms. The van der Waals surface area contributed by atoms with Gasteiger partial charge in [-0.3, -0.25) is 9.59 Å². The van der Waals surface area contributed by atoms with Crippen molar-refractivity contribution in [2.24, 2.45) is 0 Å². The van der Waals surface area contributed by atoms with Gasteiger partial charge in [0, 0.05) is 12.1 Å². The molecule has 25 heavy (non-hydrogen) atoms. The first kappa shape index (κ1) is 16.8. The minimum atomic E-state index is -0.840. The maximum atomic E-state index is 12.3. The van der Waals surface area contributed by atoms with Gasteiger partial charge >= 0.3 is 5.97 Å². The van der Waals surface area contributed by atoms with Crippen LogP contribution in [0.25, 0.3) is 0 Å². The Morgan fingerprint density at radius 3 is 2.60 bits per heavy atom. The molecule has 0 unspecified atom stereocenters. The summed E-state index contributed by atoms with van der Waals surface area (Å²) < 4.78 is 11.0. The van der Waals surface area contributed by atoms with Crippen LogP contribution in [0.15, 0.2) is 42.5 Å². The lowest BCUT2D eigenvalue weighted by molar-refractivity contribution is -0.137. The second kappa shape index (κ2) is 7.70. The number of hydrogen-bond acceptors (Lipinski definition) is 4. The number of hydrogen-bond donors (Lipinski definition) is 2. The van der Waals surface area contributed by atoms with E-state index in [2.05, 4.69) is 5.32 Å². The van der Waals surface area contributed by atoms with Crippen LogP contribution in [0.3, 0.4) is 0 Å². The second-order valence-corrected chi connectivity index (χ2v) is 5.80. The van der Waals surface area contributed by atoms with Gasteiger partial charge in [0.2, 0.25) is 5.91 Å². The fraction of sp³-hybridized carbons (Fsp3) is 0.263. The molecule has 0 bridgehead atoms. The number of carboxylic acids is 1. The van der Waals surface area contributed by atoms with Crippen molar-refractivity contribution in [1.29, 1.82) is 0 Å². The quantitative estimate of drug-likeness (QED) is 0.844. The van der Waals surface area contributed by atoms with Crippen LogP contribution in [-0.2, 0) is 22.4 Å². The van der Waals surface area contributed by atoms with Gasteiger partial charge in [-0.15, -0.1) is 0 Å². The molecule has 130 valence electrons. The van der Waals surface area contributed by atoms with Gasteiger partial charge in [0.1, 0.15) is 13.2 Å². The summed E-state index contributed by atoms with van der Waals surface area (Å²) >= 11 is 0. The molecule has 1 heterocycles. The molecule has 3 rings (SSSR count). The first-order valence-corrected chi connectivity index (χ1v) is 8.09. The van der Waals surface area contributed by atoms with Crippen LogP contribution in [0, 0.1) is 0 Å². The molecule has 0 radical (unpaired) electrons. The Hall–Kier alpha value is -3.02. The molecule has 0 atom stereocenters. The zero-order chi connectivity index (χ0) is 17.6. The Kier molecular flexibility index (Phi) is 5.18. The molecule has 0 saturated heterocycles. The monoisotopic (exact) mass is 341 g/mol. The largest absolute Gasteiger partial charge is 0.486 e. The Bertz CT molecular complexity index is 787. The van der Waals surface area contributed by atoms with Crippen molar-refractivity contribution in [3.05, 3.63) is 53.6 Å². The van der Waals surface area contributed by atoms with Crippen LogP contribution in [-0.4, -0.2) is 30.2 Å². The number of aryl methyl sites for hydroxylation is 1. The van der Waals surface area contributed by atoms with E-state index in [0.29, 0.717) is 36.8 Å². The van der Waals surface area contributed by atoms with Crippen LogP contribution in [0.5, 0.6) is 11.5 Å². The number of carbonyl (C=O) groups excluding carboxylic acids is 1. The summed E-state index contributed by atoms with van der Waals surface area (Å²) in [6.45, 7) is 1.04. The van der Waals surface area contributed by atoms with Gasteiger partial charge in [0.05, 0.1) is 6.42 Å². The third-order valence-corrected chi connectivity index (χ3v) is 3.81. The normalized spacial score (nSPS) is 12.5.